The van der Waals surface area contributed by atoms with Gasteiger partial charge < -0.3 is 20.6 Å². The highest BCUT2D eigenvalue weighted by Crippen LogP contribution is 2.45. The summed E-state index contributed by atoms with van der Waals surface area (Å²) >= 11 is 0. The molecule has 3 N–H and O–H groups in total. The first-order valence-corrected chi connectivity index (χ1v) is 10.4. The fourth-order valence-corrected chi connectivity index (χ4v) is 4.21. The number of nitrogens with zero attached hydrogens (tertiary/aromatic N) is 6. The van der Waals surface area contributed by atoms with Crippen LogP contribution in [0.4, 0.5) is 36.7 Å². The zero-order chi connectivity index (χ0) is 23.2. The summed E-state index contributed by atoms with van der Waals surface area (Å²) in [5.74, 6) is -2.57. The van der Waals surface area contributed by atoms with Crippen LogP contribution < -0.4 is 15.5 Å². The molecule has 33 heavy (non-hydrogen) atoms. The second-order valence-corrected chi connectivity index (χ2v) is 7.96. The molecule has 0 aliphatic carbocycles. The van der Waals surface area contributed by atoms with Crippen LogP contribution in [-0.4, -0.2) is 61.9 Å². The smallest absolute Gasteiger partial charge is 0.326 e. The first kappa shape index (κ1) is 21.1. The summed E-state index contributed by atoms with van der Waals surface area (Å²) in [6, 6.07) is 4.82. The van der Waals surface area contributed by atoms with E-state index in [9.17, 15) is 4.79 Å². The van der Waals surface area contributed by atoms with Crippen LogP contribution in [0.1, 0.15) is 17.2 Å². The van der Waals surface area contributed by atoms with Crippen molar-refractivity contribution in [2.75, 3.05) is 35.7 Å². The lowest BCUT2D eigenvalue weighted by Gasteiger charge is -2.44. The van der Waals surface area contributed by atoms with Gasteiger partial charge in [-0.2, -0.15) is 10.1 Å². The van der Waals surface area contributed by atoms with Crippen LogP contribution in [0, 0.1) is 0 Å². The van der Waals surface area contributed by atoms with E-state index in [1.807, 2.05) is 0 Å². The van der Waals surface area contributed by atoms with Crippen molar-refractivity contribution in [3.63, 3.8) is 0 Å². The molecule has 0 radical (unpaired) electrons. The fourth-order valence-electron chi connectivity index (χ4n) is 4.21. The molecule has 5 rings (SSSR count). The SMILES string of the molecule is CN1C(=O)N(C2c3ccccc3NCC2(F)F)Cc2cnc(Nc3cnn(CCO)c3)nc21. The number of aromatic nitrogens is 4. The average Bonchev–Trinajstić information content (AvgIpc) is 3.23. The van der Waals surface area contributed by atoms with Gasteiger partial charge in [0.05, 0.1) is 38.1 Å². The second-order valence-electron chi connectivity index (χ2n) is 7.96. The van der Waals surface area contributed by atoms with Crippen LogP contribution in [-0.2, 0) is 13.1 Å². The number of urea groups is 1. The molecule has 172 valence electrons. The molecule has 3 aromatic rings. The Balaban J connectivity index is 1.44. The second kappa shape index (κ2) is 7.96. The lowest BCUT2D eigenvalue weighted by Crippen LogP contribution is -2.54. The minimum absolute atomic E-state index is 0.0399. The van der Waals surface area contributed by atoms with E-state index in [4.69, 9.17) is 5.11 Å². The van der Waals surface area contributed by atoms with E-state index in [1.165, 1.54) is 23.0 Å². The van der Waals surface area contributed by atoms with Gasteiger partial charge in [0, 0.05) is 36.3 Å². The van der Waals surface area contributed by atoms with Gasteiger partial charge in [-0.3, -0.25) is 9.58 Å². The van der Waals surface area contributed by atoms with Gasteiger partial charge in [0.1, 0.15) is 11.9 Å². The molecule has 10 nitrogen and oxygen atoms in total. The molecule has 0 fully saturated rings. The third-order valence-corrected chi connectivity index (χ3v) is 5.73. The van der Waals surface area contributed by atoms with E-state index in [2.05, 4.69) is 25.7 Å². The fraction of sp³-hybridized carbons (Fsp3) is 0.333. The number of hydrogen-bond donors (Lipinski definition) is 3. The standard InChI is InChI=1S/C21H22F2N8O2/c1-29-18-13(8-24-19(28-18)27-14-9-26-30(11-14)6-7-32)10-31(20(29)33)17-15-4-2-3-5-16(15)25-12-21(17,22)23/h2-5,8-9,11,17,25,32H,6-7,10,12H2,1H3,(H,24,27,28). The number of halogens is 2. The van der Waals surface area contributed by atoms with Crippen molar-refractivity contribution in [3.05, 3.63) is 54.0 Å². The number of hydrogen-bond acceptors (Lipinski definition) is 7. The zero-order valence-corrected chi connectivity index (χ0v) is 17.7. The molecule has 2 aliphatic heterocycles. The van der Waals surface area contributed by atoms with Crippen LogP contribution in [0.3, 0.4) is 0 Å². The molecule has 12 heteroatoms. The Morgan fingerprint density at radius 3 is 2.94 bits per heavy atom. The maximum Gasteiger partial charge on any atom is 0.326 e. The number of carbonyl (C=O) groups is 1. The van der Waals surface area contributed by atoms with Gasteiger partial charge in [0.25, 0.3) is 5.92 Å². The van der Waals surface area contributed by atoms with E-state index < -0.39 is 24.5 Å². The Kier molecular flexibility index (Phi) is 5.08. The summed E-state index contributed by atoms with van der Waals surface area (Å²) in [4.78, 5) is 24.4. The summed E-state index contributed by atoms with van der Waals surface area (Å²) < 4.78 is 31.6. The number of alkyl halides is 2. The molecule has 4 heterocycles. The van der Waals surface area contributed by atoms with Gasteiger partial charge in [-0.05, 0) is 6.07 Å². The number of carbonyl (C=O) groups excluding carboxylic acids is 1. The highest BCUT2D eigenvalue weighted by atomic mass is 19.3. The number of anilines is 4. The number of benzene rings is 1. The third-order valence-electron chi connectivity index (χ3n) is 5.73. The summed E-state index contributed by atoms with van der Waals surface area (Å²) in [5, 5.41) is 18.9. The normalized spacial score (nSPS) is 19.0. The molecule has 1 unspecified atom stereocenters. The molecule has 0 spiro atoms. The van der Waals surface area contributed by atoms with Crippen LogP contribution in [0.2, 0.25) is 0 Å². The summed E-state index contributed by atoms with van der Waals surface area (Å²) in [5.41, 5.74) is 2.14. The number of rotatable bonds is 5. The molecule has 0 saturated carbocycles. The van der Waals surface area contributed by atoms with E-state index in [0.29, 0.717) is 34.9 Å². The Labute approximate surface area is 187 Å². The monoisotopic (exact) mass is 456 g/mol. The largest absolute Gasteiger partial charge is 0.394 e. The van der Waals surface area contributed by atoms with Crippen molar-refractivity contribution in [1.29, 1.82) is 0 Å². The molecule has 0 bridgehead atoms. The molecule has 2 aromatic heterocycles. The van der Waals surface area contributed by atoms with E-state index in [-0.39, 0.29) is 19.1 Å². The molecule has 0 saturated heterocycles. The first-order chi connectivity index (χ1) is 15.9. The van der Waals surface area contributed by atoms with E-state index in [0.717, 1.165) is 0 Å². The maximum atomic E-state index is 15.0. The lowest BCUT2D eigenvalue weighted by molar-refractivity contribution is -0.0655. The first-order valence-electron chi connectivity index (χ1n) is 10.4. The average molecular weight is 456 g/mol. The minimum atomic E-state index is -3.15. The Morgan fingerprint density at radius 2 is 2.12 bits per heavy atom. The quantitative estimate of drug-likeness (QED) is 0.541. The molecule has 1 aromatic carbocycles. The number of aliphatic hydroxyl groups is 1. The molecular weight excluding hydrogens is 434 g/mol. The summed E-state index contributed by atoms with van der Waals surface area (Å²) in [7, 11) is 1.51. The van der Waals surface area contributed by atoms with Gasteiger partial charge in [-0.15, -0.1) is 0 Å². The number of nitrogens with one attached hydrogen (secondary N) is 2. The number of para-hydroxylation sites is 1. The summed E-state index contributed by atoms with van der Waals surface area (Å²) in [6.07, 6.45) is 4.78. The molecule has 1 atom stereocenters. The van der Waals surface area contributed by atoms with Crippen LogP contribution in [0.15, 0.2) is 42.9 Å². The Morgan fingerprint density at radius 1 is 1.30 bits per heavy atom. The minimum Gasteiger partial charge on any atom is -0.394 e. The van der Waals surface area contributed by atoms with Crippen molar-refractivity contribution in [2.45, 2.75) is 25.1 Å². The number of fused-ring (bicyclic) bond motifs is 2. The molecular formula is C21H22F2N8O2. The van der Waals surface area contributed by atoms with Crippen LogP contribution in [0.25, 0.3) is 0 Å². The van der Waals surface area contributed by atoms with Crippen molar-refractivity contribution < 1.29 is 18.7 Å². The van der Waals surface area contributed by atoms with E-state index >= 15 is 8.78 Å². The predicted octanol–water partition coefficient (Wildman–Crippen LogP) is 2.58. The maximum absolute atomic E-state index is 15.0. The van der Waals surface area contributed by atoms with Crippen molar-refractivity contribution in [2.24, 2.45) is 0 Å². The molecule has 2 amide bonds. The topological polar surface area (TPSA) is 111 Å². The van der Waals surface area contributed by atoms with E-state index in [1.54, 1.807) is 41.3 Å². The van der Waals surface area contributed by atoms with Crippen molar-refractivity contribution in [1.82, 2.24) is 24.6 Å². The highest BCUT2D eigenvalue weighted by Gasteiger charge is 2.51. The van der Waals surface area contributed by atoms with Crippen molar-refractivity contribution in [3.8, 4) is 0 Å². The van der Waals surface area contributed by atoms with Gasteiger partial charge in [0.15, 0.2) is 0 Å². The van der Waals surface area contributed by atoms with Gasteiger partial charge >= 0.3 is 6.03 Å². The zero-order valence-electron chi connectivity index (χ0n) is 17.7. The molecule has 2 aliphatic rings. The van der Waals surface area contributed by atoms with Crippen LogP contribution in [0.5, 0.6) is 0 Å². The van der Waals surface area contributed by atoms with Crippen molar-refractivity contribution >= 4 is 29.2 Å². The lowest BCUT2D eigenvalue weighted by atomic mass is 9.92. The Bertz CT molecular complexity index is 1200. The van der Waals surface area contributed by atoms with Gasteiger partial charge in [-0.1, -0.05) is 18.2 Å². The van der Waals surface area contributed by atoms with Gasteiger partial charge in [-0.25, -0.2) is 18.6 Å². The van der Waals surface area contributed by atoms with Crippen LogP contribution >= 0.6 is 0 Å². The highest BCUT2D eigenvalue weighted by molar-refractivity contribution is 5.94. The Hall–Kier alpha value is -3.80. The summed E-state index contributed by atoms with van der Waals surface area (Å²) in [6.45, 7) is -0.287. The predicted molar refractivity (Wildman–Crippen MR) is 117 cm³/mol. The number of aliphatic hydroxyl groups excluding tert-OH is 1. The number of amides is 2. The third kappa shape index (κ3) is 3.71. The van der Waals surface area contributed by atoms with Gasteiger partial charge in [0.2, 0.25) is 5.95 Å².